The van der Waals surface area contributed by atoms with Gasteiger partial charge in [-0.15, -0.1) is 0 Å². The second-order valence-corrected chi connectivity index (χ2v) is 10.5. The van der Waals surface area contributed by atoms with Crippen LogP contribution in [0.15, 0.2) is 59.5 Å². The van der Waals surface area contributed by atoms with Crippen LogP contribution >= 0.6 is 0 Å². The summed E-state index contributed by atoms with van der Waals surface area (Å²) in [6.07, 6.45) is 3.55. The molecule has 1 amide bonds. The van der Waals surface area contributed by atoms with E-state index in [2.05, 4.69) is 12.2 Å². The Labute approximate surface area is 172 Å². The van der Waals surface area contributed by atoms with Crippen LogP contribution in [0.2, 0.25) is 0 Å². The van der Waals surface area contributed by atoms with E-state index < -0.39 is 9.84 Å². The highest BCUT2D eigenvalue weighted by atomic mass is 32.2. The molecule has 2 fully saturated rings. The number of amides is 1. The van der Waals surface area contributed by atoms with Crippen molar-refractivity contribution in [3.63, 3.8) is 0 Å². The van der Waals surface area contributed by atoms with Gasteiger partial charge < -0.3 is 10.1 Å². The van der Waals surface area contributed by atoms with Gasteiger partial charge in [-0.2, -0.15) is 0 Å². The van der Waals surface area contributed by atoms with Crippen molar-refractivity contribution >= 4 is 15.7 Å². The van der Waals surface area contributed by atoms with Crippen LogP contribution in [-0.4, -0.2) is 33.6 Å². The molecule has 0 aromatic heterocycles. The number of benzene rings is 2. The van der Waals surface area contributed by atoms with Crippen molar-refractivity contribution in [3.05, 3.63) is 65.7 Å². The highest BCUT2D eigenvalue weighted by Crippen LogP contribution is 2.47. The monoisotopic (exact) mass is 413 g/mol. The van der Waals surface area contributed by atoms with Gasteiger partial charge in [0, 0.05) is 24.1 Å². The topological polar surface area (TPSA) is 72.5 Å². The van der Waals surface area contributed by atoms with E-state index in [1.54, 1.807) is 30.3 Å². The Morgan fingerprint density at radius 1 is 1.14 bits per heavy atom. The van der Waals surface area contributed by atoms with Crippen LogP contribution in [0.3, 0.4) is 0 Å². The predicted molar refractivity (Wildman–Crippen MR) is 111 cm³/mol. The van der Waals surface area contributed by atoms with Gasteiger partial charge in [0.15, 0.2) is 9.84 Å². The average molecular weight is 414 g/mol. The van der Waals surface area contributed by atoms with Crippen molar-refractivity contribution < 1.29 is 17.9 Å². The van der Waals surface area contributed by atoms with Crippen LogP contribution in [0.5, 0.6) is 0 Å². The Kier molecular flexibility index (Phi) is 5.49. The fourth-order valence-corrected chi connectivity index (χ4v) is 5.54. The summed E-state index contributed by atoms with van der Waals surface area (Å²) in [6.45, 7) is 3.44. The normalized spacial score (nSPS) is 24.4. The van der Waals surface area contributed by atoms with Crippen LogP contribution in [0.25, 0.3) is 0 Å². The molecule has 2 aromatic carbocycles. The fourth-order valence-electron chi connectivity index (χ4n) is 4.15. The summed E-state index contributed by atoms with van der Waals surface area (Å²) in [5.41, 5.74) is 1.03. The van der Waals surface area contributed by atoms with E-state index in [1.165, 1.54) is 18.9 Å². The molecule has 2 atom stereocenters. The van der Waals surface area contributed by atoms with Gasteiger partial charge in [0.2, 0.25) is 0 Å². The first-order chi connectivity index (χ1) is 13.9. The van der Waals surface area contributed by atoms with Gasteiger partial charge in [-0.25, -0.2) is 8.42 Å². The molecule has 6 heteroatoms. The molecule has 2 aliphatic rings. The van der Waals surface area contributed by atoms with E-state index >= 15 is 0 Å². The number of rotatable bonds is 7. The van der Waals surface area contributed by atoms with E-state index in [0.717, 1.165) is 18.6 Å². The summed E-state index contributed by atoms with van der Waals surface area (Å²) in [5.74, 6) is 0.285. The van der Waals surface area contributed by atoms with E-state index in [0.29, 0.717) is 18.0 Å². The van der Waals surface area contributed by atoms with E-state index in [-0.39, 0.29) is 28.1 Å². The van der Waals surface area contributed by atoms with Gasteiger partial charge in [0.1, 0.15) is 0 Å². The van der Waals surface area contributed by atoms with Crippen LogP contribution in [0, 0.1) is 11.3 Å². The van der Waals surface area contributed by atoms with Gasteiger partial charge in [-0.05, 0) is 48.9 Å². The average Bonchev–Trinajstić information content (AvgIpc) is 3.48. The molecule has 5 nitrogen and oxygen atoms in total. The van der Waals surface area contributed by atoms with Crippen molar-refractivity contribution in [2.24, 2.45) is 11.3 Å². The smallest absolute Gasteiger partial charge is 0.251 e. The number of nitrogens with one attached hydrogen (secondary N) is 1. The maximum atomic E-state index is 12.8. The second kappa shape index (κ2) is 7.92. The van der Waals surface area contributed by atoms with Crippen molar-refractivity contribution in [1.82, 2.24) is 5.32 Å². The first-order valence-corrected chi connectivity index (χ1v) is 11.8. The number of hydrogen-bond donors (Lipinski definition) is 1. The molecule has 1 aliphatic carbocycles. The Morgan fingerprint density at radius 2 is 1.90 bits per heavy atom. The summed E-state index contributed by atoms with van der Waals surface area (Å²) >= 11 is 0. The first kappa shape index (κ1) is 20.1. The zero-order chi connectivity index (χ0) is 20.5. The van der Waals surface area contributed by atoms with Crippen molar-refractivity contribution in [1.29, 1.82) is 0 Å². The molecule has 4 rings (SSSR count). The molecule has 2 unspecified atom stereocenters. The molecule has 0 radical (unpaired) electrons. The number of carbonyl (C=O) groups excluding carboxylic acids is 1. The number of ether oxygens (including phenoxy) is 1. The Balaban J connectivity index is 1.44. The van der Waals surface area contributed by atoms with Crippen LogP contribution in [-0.2, 0) is 20.3 Å². The third kappa shape index (κ3) is 4.54. The van der Waals surface area contributed by atoms with Crippen molar-refractivity contribution in [2.45, 2.75) is 42.9 Å². The SMILES string of the molecule is CC1(CNC(=O)c2cccc(S(=O)(=O)Cc3ccccc3)c2)CCOC1C1CC1. The Bertz CT molecular complexity index is 985. The molecular formula is C23H27NO4S. The number of sulfone groups is 1. The van der Waals surface area contributed by atoms with Gasteiger partial charge >= 0.3 is 0 Å². The molecule has 0 bridgehead atoms. The molecule has 1 saturated carbocycles. The molecule has 2 aromatic rings. The minimum absolute atomic E-state index is 0.0617. The minimum atomic E-state index is -3.52. The highest BCUT2D eigenvalue weighted by molar-refractivity contribution is 7.90. The highest BCUT2D eigenvalue weighted by Gasteiger charge is 2.48. The van der Waals surface area contributed by atoms with Crippen LogP contribution in [0.1, 0.15) is 42.1 Å². The largest absolute Gasteiger partial charge is 0.377 e. The summed E-state index contributed by atoms with van der Waals surface area (Å²) in [6, 6.07) is 15.4. The summed E-state index contributed by atoms with van der Waals surface area (Å²) in [7, 11) is -3.52. The molecule has 1 heterocycles. The van der Waals surface area contributed by atoms with E-state index in [4.69, 9.17) is 4.74 Å². The molecular weight excluding hydrogens is 386 g/mol. The fraction of sp³-hybridized carbons (Fsp3) is 0.435. The third-order valence-electron chi connectivity index (χ3n) is 6.02. The Morgan fingerprint density at radius 3 is 2.62 bits per heavy atom. The zero-order valence-corrected chi connectivity index (χ0v) is 17.5. The van der Waals surface area contributed by atoms with Crippen LogP contribution in [0.4, 0.5) is 0 Å². The van der Waals surface area contributed by atoms with Crippen LogP contribution < -0.4 is 5.32 Å². The van der Waals surface area contributed by atoms with E-state index in [1.807, 2.05) is 18.2 Å². The second-order valence-electron chi connectivity index (χ2n) is 8.49. The lowest BCUT2D eigenvalue weighted by Gasteiger charge is -2.30. The molecule has 0 spiro atoms. The Hall–Kier alpha value is -2.18. The lowest BCUT2D eigenvalue weighted by molar-refractivity contribution is 0.0382. The minimum Gasteiger partial charge on any atom is -0.377 e. The van der Waals surface area contributed by atoms with Crippen molar-refractivity contribution in [2.75, 3.05) is 13.2 Å². The number of hydrogen-bond acceptors (Lipinski definition) is 4. The standard InChI is InChI=1S/C23H27NO4S/c1-23(12-13-28-21(23)18-10-11-18)16-24-22(25)19-8-5-9-20(14-19)29(26,27)15-17-6-3-2-4-7-17/h2-9,14,18,21H,10-13,15-16H2,1H3,(H,24,25). The molecule has 1 N–H and O–H groups in total. The van der Waals surface area contributed by atoms with Gasteiger partial charge in [0.05, 0.1) is 16.8 Å². The zero-order valence-electron chi connectivity index (χ0n) is 16.6. The van der Waals surface area contributed by atoms with E-state index in [9.17, 15) is 13.2 Å². The predicted octanol–water partition coefficient (Wildman–Crippen LogP) is 3.60. The summed E-state index contributed by atoms with van der Waals surface area (Å²) in [5, 5.41) is 3.01. The molecule has 29 heavy (non-hydrogen) atoms. The van der Waals surface area contributed by atoms with Crippen molar-refractivity contribution in [3.8, 4) is 0 Å². The van der Waals surface area contributed by atoms with Gasteiger partial charge in [0.25, 0.3) is 5.91 Å². The number of carbonyl (C=O) groups is 1. The lowest BCUT2D eigenvalue weighted by atomic mass is 9.81. The molecule has 1 saturated heterocycles. The first-order valence-electron chi connectivity index (χ1n) is 10.1. The summed E-state index contributed by atoms with van der Waals surface area (Å²) < 4.78 is 31.5. The molecule has 154 valence electrons. The van der Waals surface area contributed by atoms with Gasteiger partial charge in [-0.1, -0.05) is 43.3 Å². The quantitative estimate of drug-likeness (QED) is 0.753. The third-order valence-corrected chi connectivity index (χ3v) is 7.70. The maximum Gasteiger partial charge on any atom is 0.251 e. The lowest BCUT2D eigenvalue weighted by Crippen LogP contribution is -2.41. The maximum absolute atomic E-state index is 12.8. The summed E-state index contributed by atoms with van der Waals surface area (Å²) in [4.78, 5) is 12.9. The molecule has 1 aliphatic heterocycles. The van der Waals surface area contributed by atoms with Gasteiger partial charge in [-0.3, -0.25) is 4.79 Å².